The number of amides is 1. The molecule has 7 nitrogen and oxygen atoms in total. The third-order valence-electron chi connectivity index (χ3n) is 7.82. The highest BCUT2D eigenvalue weighted by molar-refractivity contribution is 5.92. The number of carbonyl (C=O) groups excluding carboxylic acids is 1. The number of hydrogen-bond donors (Lipinski definition) is 0. The van der Waals surface area contributed by atoms with E-state index in [-0.39, 0.29) is 22.8 Å². The molecule has 1 aliphatic carbocycles. The first-order valence-electron chi connectivity index (χ1n) is 12.3. The summed E-state index contributed by atoms with van der Waals surface area (Å²) in [6.45, 7) is 3.54. The summed E-state index contributed by atoms with van der Waals surface area (Å²) in [5.74, 6) is 0.627. The molecular formula is C26H28F3N5O2. The topological polar surface area (TPSA) is 82.4 Å². The monoisotopic (exact) mass is 499 g/mol. The molecule has 1 aromatic carbocycles. The fourth-order valence-corrected chi connectivity index (χ4v) is 5.48. The van der Waals surface area contributed by atoms with Gasteiger partial charge in [-0.2, -0.15) is 18.4 Å². The van der Waals surface area contributed by atoms with Gasteiger partial charge in [0.2, 0.25) is 0 Å². The number of piperidine rings is 1. The molecule has 0 bridgehead atoms. The van der Waals surface area contributed by atoms with E-state index < -0.39 is 11.7 Å². The number of aromatic nitrogens is 2. The van der Waals surface area contributed by atoms with E-state index in [9.17, 15) is 18.0 Å². The molecule has 0 radical (unpaired) electrons. The van der Waals surface area contributed by atoms with E-state index >= 15 is 0 Å². The van der Waals surface area contributed by atoms with E-state index in [1.165, 1.54) is 25.2 Å². The van der Waals surface area contributed by atoms with Gasteiger partial charge in [-0.3, -0.25) is 4.79 Å². The summed E-state index contributed by atoms with van der Waals surface area (Å²) in [5, 5.41) is 9.16. The first-order valence-corrected chi connectivity index (χ1v) is 12.3. The van der Waals surface area contributed by atoms with E-state index in [1.807, 2.05) is 4.90 Å². The molecule has 1 unspecified atom stereocenters. The fraction of sp³-hybridized carbons (Fsp3) is 0.538. The summed E-state index contributed by atoms with van der Waals surface area (Å²) in [6, 6.07) is 7.20. The van der Waals surface area contributed by atoms with Crippen LogP contribution in [0.25, 0.3) is 0 Å². The SMILES string of the molecule is N#Cc1ccc(N2CC(COCC3CC3)C3(CCN(C(=O)c4ccncn4)CC3)C2)cc1C(F)(F)F. The Hall–Kier alpha value is -3.19. The highest BCUT2D eigenvalue weighted by Gasteiger charge is 2.49. The van der Waals surface area contributed by atoms with Crippen molar-refractivity contribution in [1.82, 2.24) is 14.9 Å². The van der Waals surface area contributed by atoms with E-state index in [0.29, 0.717) is 50.1 Å². The first kappa shape index (κ1) is 24.5. The summed E-state index contributed by atoms with van der Waals surface area (Å²) in [7, 11) is 0. The largest absolute Gasteiger partial charge is 0.417 e. The van der Waals surface area contributed by atoms with Gasteiger partial charge in [0.1, 0.15) is 12.0 Å². The number of nitrogens with zero attached hydrogens (tertiary/aromatic N) is 5. The van der Waals surface area contributed by atoms with Crippen LogP contribution < -0.4 is 4.90 Å². The molecule has 36 heavy (non-hydrogen) atoms. The summed E-state index contributed by atoms with van der Waals surface area (Å²) >= 11 is 0. The molecule has 3 heterocycles. The third-order valence-corrected chi connectivity index (χ3v) is 7.82. The standard InChI is InChI=1S/C26H28F3N5O2/c27-26(28,29)22-11-21(4-3-19(22)12-30)34-13-20(15-36-14-18-1-2-18)25(16-34)6-9-33(10-7-25)24(35)23-5-8-31-17-32-23/h3-5,8,11,17-18,20H,1-2,6-7,9-10,13-16H2. The minimum atomic E-state index is -4.60. The smallest absolute Gasteiger partial charge is 0.381 e. The Bertz CT molecular complexity index is 1140. The normalized spacial score (nSPS) is 21.6. The Morgan fingerprint density at radius 1 is 1.19 bits per heavy atom. The van der Waals surface area contributed by atoms with Gasteiger partial charge in [-0.15, -0.1) is 0 Å². The molecular weight excluding hydrogens is 471 g/mol. The maximum atomic E-state index is 13.6. The predicted octanol–water partition coefficient (Wildman–Crippen LogP) is 4.15. The molecule has 1 atom stereocenters. The van der Waals surface area contributed by atoms with Crippen molar-refractivity contribution in [3.63, 3.8) is 0 Å². The minimum absolute atomic E-state index is 0.134. The lowest BCUT2D eigenvalue weighted by Crippen LogP contribution is -2.47. The van der Waals surface area contributed by atoms with Crippen LogP contribution in [0.15, 0.2) is 36.8 Å². The number of alkyl halides is 3. The summed E-state index contributed by atoms with van der Waals surface area (Å²) in [6.07, 6.45) is 2.15. The van der Waals surface area contributed by atoms with Crippen LogP contribution in [-0.2, 0) is 10.9 Å². The number of likely N-dealkylation sites (tertiary alicyclic amines) is 1. The molecule has 1 amide bonds. The molecule has 2 saturated heterocycles. The molecule has 0 N–H and O–H groups in total. The van der Waals surface area contributed by atoms with E-state index in [1.54, 1.807) is 29.3 Å². The zero-order valence-corrected chi connectivity index (χ0v) is 19.9. The molecule has 3 aliphatic rings. The zero-order chi connectivity index (χ0) is 25.3. The maximum absolute atomic E-state index is 13.6. The van der Waals surface area contributed by atoms with E-state index in [0.717, 1.165) is 25.5 Å². The number of halogens is 3. The lowest BCUT2D eigenvalue weighted by molar-refractivity contribution is -0.137. The minimum Gasteiger partial charge on any atom is -0.381 e. The van der Waals surface area contributed by atoms with Crippen LogP contribution in [0, 0.1) is 28.6 Å². The number of ether oxygens (including phenoxy) is 1. The van der Waals surface area contributed by atoms with Crippen LogP contribution in [0.5, 0.6) is 0 Å². The number of carbonyl (C=O) groups is 1. The Kier molecular flexibility index (Phi) is 6.60. The molecule has 3 fully saturated rings. The predicted molar refractivity (Wildman–Crippen MR) is 125 cm³/mol. The van der Waals surface area contributed by atoms with Crippen molar-refractivity contribution in [3.05, 3.63) is 53.6 Å². The van der Waals surface area contributed by atoms with Gasteiger partial charge in [0.05, 0.1) is 23.8 Å². The van der Waals surface area contributed by atoms with Gasteiger partial charge in [0.25, 0.3) is 5.91 Å². The van der Waals surface area contributed by atoms with Crippen molar-refractivity contribution < 1.29 is 22.7 Å². The average molecular weight is 500 g/mol. The van der Waals surface area contributed by atoms with Crippen molar-refractivity contribution in [2.24, 2.45) is 17.3 Å². The molecule has 1 saturated carbocycles. The van der Waals surface area contributed by atoms with E-state index in [4.69, 9.17) is 10.00 Å². The maximum Gasteiger partial charge on any atom is 0.417 e. The zero-order valence-electron chi connectivity index (χ0n) is 19.9. The molecule has 10 heteroatoms. The molecule has 1 aromatic heterocycles. The second kappa shape index (κ2) is 9.69. The molecule has 5 rings (SSSR count). The molecule has 2 aliphatic heterocycles. The fourth-order valence-electron chi connectivity index (χ4n) is 5.48. The van der Waals surface area contributed by atoms with Gasteiger partial charge < -0.3 is 14.5 Å². The average Bonchev–Trinajstić information content (AvgIpc) is 3.65. The third kappa shape index (κ3) is 5.03. The molecule has 1 spiro atoms. The number of benzene rings is 1. The van der Waals surface area contributed by atoms with Crippen molar-refractivity contribution >= 4 is 11.6 Å². The first-order chi connectivity index (χ1) is 17.3. The van der Waals surface area contributed by atoms with Crippen molar-refractivity contribution in [2.45, 2.75) is 31.9 Å². The van der Waals surface area contributed by atoms with Gasteiger partial charge >= 0.3 is 6.18 Å². The van der Waals surface area contributed by atoms with Crippen LogP contribution >= 0.6 is 0 Å². The lowest BCUT2D eigenvalue weighted by Gasteiger charge is -2.42. The number of anilines is 1. The van der Waals surface area contributed by atoms with Crippen LogP contribution in [-0.4, -0.2) is 60.2 Å². The number of nitriles is 1. The quantitative estimate of drug-likeness (QED) is 0.594. The van der Waals surface area contributed by atoms with Gasteiger partial charge in [-0.25, -0.2) is 9.97 Å². The highest BCUT2D eigenvalue weighted by Crippen LogP contribution is 2.47. The molecule has 2 aromatic rings. The van der Waals surface area contributed by atoms with E-state index in [2.05, 4.69) is 9.97 Å². The Morgan fingerprint density at radius 2 is 1.97 bits per heavy atom. The highest BCUT2D eigenvalue weighted by atomic mass is 19.4. The lowest BCUT2D eigenvalue weighted by atomic mass is 9.71. The van der Waals surface area contributed by atoms with Gasteiger partial charge in [-0.1, -0.05) is 0 Å². The van der Waals surface area contributed by atoms with Gasteiger partial charge in [0, 0.05) is 50.6 Å². The van der Waals surface area contributed by atoms with Crippen molar-refractivity contribution in [2.75, 3.05) is 44.3 Å². The van der Waals surface area contributed by atoms with Crippen molar-refractivity contribution in [1.29, 1.82) is 5.26 Å². The van der Waals surface area contributed by atoms with Crippen LogP contribution in [0.2, 0.25) is 0 Å². The Morgan fingerprint density at radius 3 is 2.61 bits per heavy atom. The summed E-state index contributed by atoms with van der Waals surface area (Å²) in [5.41, 5.74) is -0.630. The van der Waals surface area contributed by atoms with Crippen LogP contribution in [0.1, 0.15) is 47.3 Å². The molecule has 190 valence electrons. The Balaban J connectivity index is 1.34. The Labute approximate surface area is 207 Å². The second-order valence-electron chi connectivity index (χ2n) is 10.1. The van der Waals surface area contributed by atoms with Crippen LogP contribution in [0.4, 0.5) is 18.9 Å². The van der Waals surface area contributed by atoms with Gasteiger partial charge in [0.15, 0.2) is 0 Å². The van der Waals surface area contributed by atoms with Gasteiger partial charge in [-0.05, 0) is 61.3 Å². The summed E-state index contributed by atoms with van der Waals surface area (Å²) in [4.78, 5) is 24.6. The second-order valence-corrected chi connectivity index (χ2v) is 10.1. The van der Waals surface area contributed by atoms with Crippen LogP contribution in [0.3, 0.4) is 0 Å². The number of hydrogen-bond acceptors (Lipinski definition) is 6. The summed E-state index contributed by atoms with van der Waals surface area (Å²) < 4.78 is 46.9. The van der Waals surface area contributed by atoms with Crippen molar-refractivity contribution in [3.8, 4) is 6.07 Å². The number of rotatable bonds is 6.